The van der Waals surface area contributed by atoms with Gasteiger partial charge in [0.2, 0.25) is 0 Å². The number of aliphatic imine (C=N–C) groups is 1. The monoisotopic (exact) mass is 318 g/mol. The number of guanidine groups is 1. The van der Waals surface area contributed by atoms with Gasteiger partial charge in [-0.1, -0.05) is 12.1 Å². The van der Waals surface area contributed by atoms with Crippen LogP contribution < -0.4 is 22.1 Å². The second kappa shape index (κ2) is 6.17. The number of nitrogens with one attached hydrogen (secondary N) is 2. The van der Waals surface area contributed by atoms with Crippen molar-refractivity contribution in [2.75, 3.05) is 19.6 Å². The Kier molecular flexibility index (Phi) is 4.23. The third kappa shape index (κ3) is 3.80. The number of hydrogen-bond donors (Lipinski definition) is 4. The van der Waals surface area contributed by atoms with Crippen LogP contribution in [0.4, 0.5) is 4.39 Å². The maximum atomic E-state index is 13.4. The van der Waals surface area contributed by atoms with Crippen molar-refractivity contribution >= 4 is 5.96 Å². The predicted molar refractivity (Wildman–Crippen MR) is 88.9 cm³/mol. The van der Waals surface area contributed by atoms with Crippen LogP contribution in [0, 0.1) is 5.82 Å². The van der Waals surface area contributed by atoms with E-state index in [1.54, 1.807) is 6.07 Å². The lowest BCUT2D eigenvalue weighted by Crippen LogP contribution is -2.55. The van der Waals surface area contributed by atoms with Crippen molar-refractivity contribution in [1.82, 2.24) is 15.5 Å². The van der Waals surface area contributed by atoms with E-state index in [2.05, 4.69) is 27.4 Å². The molecule has 1 unspecified atom stereocenters. The summed E-state index contributed by atoms with van der Waals surface area (Å²) >= 11 is 0. The van der Waals surface area contributed by atoms with Gasteiger partial charge in [-0.15, -0.1) is 0 Å². The second-order valence-electron chi connectivity index (χ2n) is 6.25. The summed E-state index contributed by atoms with van der Waals surface area (Å²) in [5.74, 6) is 0.870. The molecule has 1 saturated heterocycles. The van der Waals surface area contributed by atoms with E-state index in [9.17, 15) is 4.39 Å². The van der Waals surface area contributed by atoms with Crippen LogP contribution in [0.15, 0.2) is 41.2 Å². The van der Waals surface area contributed by atoms with E-state index < -0.39 is 5.66 Å². The van der Waals surface area contributed by atoms with E-state index in [0.717, 1.165) is 31.0 Å². The topological polar surface area (TPSA) is 91.7 Å². The van der Waals surface area contributed by atoms with Crippen molar-refractivity contribution < 1.29 is 4.39 Å². The maximum absolute atomic E-state index is 13.4. The van der Waals surface area contributed by atoms with Crippen LogP contribution in [0.25, 0.3) is 0 Å². The minimum atomic E-state index is -0.980. The van der Waals surface area contributed by atoms with Gasteiger partial charge in [0.05, 0.1) is 0 Å². The number of hydrogen-bond acceptors (Lipinski definition) is 6. The molecule has 1 aromatic carbocycles. The molecule has 124 valence electrons. The molecule has 0 aromatic heterocycles. The Morgan fingerprint density at radius 2 is 2.30 bits per heavy atom. The van der Waals surface area contributed by atoms with Gasteiger partial charge < -0.3 is 27.0 Å². The lowest BCUT2D eigenvalue weighted by Gasteiger charge is -2.38. The molecule has 6 N–H and O–H groups in total. The predicted octanol–water partition coefficient (Wildman–Crippen LogP) is 0.0762. The zero-order valence-electron chi connectivity index (χ0n) is 13.2. The third-order valence-corrected chi connectivity index (χ3v) is 4.06. The average molecular weight is 318 g/mol. The molecule has 0 radical (unpaired) electrons. The average Bonchev–Trinajstić information content (AvgIpc) is 2.45. The summed E-state index contributed by atoms with van der Waals surface area (Å²) in [6.45, 7) is 4.77. The summed E-state index contributed by atoms with van der Waals surface area (Å²) < 4.78 is 13.4. The maximum Gasteiger partial charge on any atom is 0.196 e. The first-order valence-electron chi connectivity index (χ1n) is 7.80. The van der Waals surface area contributed by atoms with Crippen molar-refractivity contribution in [1.29, 1.82) is 0 Å². The van der Waals surface area contributed by atoms with Crippen molar-refractivity contribution in [3.63, 3.8) is 0 Å². The third-order valence-electron chi connectivity index (χ3n) is 4.06. The minimum Gasteiger partial charge on any atom is -0.370 e. The molecular weight excluding hydrogens is 295 g/mol. The van der Waals surface area contributed by atoms with Gasteiger partial charge in [-0.2, -0.15) is 0 Å². The van der Waals surface area contributed by atoms with E-state index in [4.69, 9.17) is 11.5 Å². The SMILES string of the molecule is C[C@@H]1CN(C2=CC(N)(Cc3cccc(F)c3)N=C(N)N2)CCN1. The van der Waals surface area contributed by atoms with Gasteiger partial charge in [-0.25, -0.2) is 9.38 Å². The molecular formula is C16H23FN6. The molecule has 1 fully saturated rings. The summed E-state index contributed by atoms with van der Waals surface area (Å²) in [5, 5.41) is 6.49. The second-order valence-corrected chi connectivity index (χ2v) is 6.25. The number of rotatable bonds is 3. The van der Waals surface area contributed by atoms with Crippen LogP contribution in [0.1, 0.15) is 12.5 Å². The van der Waals surface area contributed by atoms with E-state index in [1.807, 2.05) is 12.1 Å². The summed E-state index contributed by atoms with van der Waals surface area (Å²) in [6, 6.07) is 6.79. The van der Waals surface area contributed by atoms with Crippen LogP contribution in [0.3, 0.4) is 0 Å². The fourth-order valence-electron chi connectivity index (χ4n) is 3.07. The molecule has 2 aliphatic rings. The standard InChI is InChI=1S/C16H23FN6/c1-11-10-23(6-5-20-11)14-9-16(19,22-15(18)21-14)8-12-3-2-4-13(17)7-12/h2-4,7,9,11,20H,5-6,8,10,19H2,1H3,(H3,18,21,22)/t11-,16?/m1/s1. The summed E-state index contributed by atoms with van der Waals surface area (Å²) in [4.78, 5) is 6.53. The molecule has 2 heterocycles. The van der Waals surface area contributed by atoms with E-state index in [-0.39, 0.29) is 11.8 Å². The highest BCUT2D eigenvalue weighted by Gasteiger charge is 2.30. The Bertz CT molecular complexity index is 643. The van der Waals surface area contributed by atoms with Gasteiger partial charge in [0.25, 0.3) is 0 Å². The Hall–Kier alpha value is -2.12. The lowest BCUT2D eigenvalue weighted by molar-refractivity contribution is 0.243. The number of halogens is 1. The molecule has 0 amide bonds. The molecule has 23 heavy (non-hydrogen) atoms. The minimum absolute atomic E-state index is 0.280. The van der Waals surface area contributed by atoms with E-state index in [0.29, 0.717) is 12.5 Å². The van der Waals surface area contributed by atoms with Crippen molar-refractivity contribution in [2.24, 2.45) is 16.5 Å². The normalized spacial score (nSPS) is 28.0. The molecule has 0 aliphatic carbocycles. The zero-order valence-corrected chi connectivity index (χ0v) is 13.2. The number of nitrogens with two attached hydrogens (primary N) is 2. The van der Waals surface area contributed by atoms with Gasteiger partial charge >= 0.3 is 0 Å². The molecule has 0 spiro atoms. The van der Waals surface area contributed by atoms with Crippen molar-refractivity contribution in [3.8, 4) is 0 Å². The van der Waals surface area contributed by atoms with Gasteiger partial charge in [0.15, 0.2) is 5.96 Å². The molecule has 3 rings (SSSR count). The smallest absolute Gasteiger partial charge is 0.196 e. The van der Waals surface area contributed by atoms with Gasteiger partial charge in [-0.05, 0) is 30.7 Å². The van der Waals surface area contributed by atoms with E-state index in [1.165, 1.54) is 12.1 Å². The fraction of sp³-hybridized carbons (Fsp3) is 0.438. The van der Waals surface area contributed by atoms with Gasteiger partial charge in [0, 0.05) is 32.1 Å². The molecule has 0 saturated carbocycles. The number of piperazine rings is 1. The van der Waals surface area contributed by atoms with Crippen molar-refractivity contribution in [2.45, 2.75) is 25.0 Å². The largest absolute Gasteiger partial charge is 0.370 e. The highest BCUT2D eigenvalue weighted by atomic mass is 19.1. The van der Waals surface area contributed by atoms with Crippen LogP contribution >= 0.6 is 0 Å². The molecule has 6 nitrogen and oxygen atoms in total. The Labute approximate surface area is 135 Å². The van der Waals surface area contributed by atoms with Crippen molar-refractivity contribution in [3.05, 3.63) is 47.5 Å². The van der Waals surface area contributed by atoms with Gasteiger partial charge in [-0.3, -0.25) is 0 Å². The van der Waals surface area contributed by atoms with Crippen LogP contribution in [-0.4, -0.2) is 42.2 Å². The first kappa shape index (κ1) is 15.8. The Balaban J connectivity index is 1.83. The Morgan fingerprint density at radius 1 is 1.48 bits per heavy atom. The summed E-state index contributed by atoms with van der Waals surface area (Å²) in [5.41, 5.74) is 12.1. The Morgan fingerprint density at radius 3 is 3.04 bits per heavy atom. The highest BCUT2D eigenvalue weighted by molar-refractivity contribution is 5.81. The molecule has 2 atom stereocenters. The first-order chi connectivity index (χ1) is 10.9. The fourth-order valence-corrected chi connectivity index (χ4v) is 3.07. The highest BCUT2D eigenvalue weighted by Crippen LogP contribution is 2.21. The van der Waals surface area contributed by atoms with Gasteiger partial charge in [0.1, 0.15) is 17.3 Å². The zero-order chi connectivity index (χ0) is 16.4. The quantitative estimate of drug-likeness (QED) is 0.633. The first-order valence-corrected chi connectivity index (χ1v) is 7.80. The number of nitrogens with zero attached hydrogens (tertiary/aromatic N) is 2. The molecule has 1 aromatic rings. The number of benzene rings is 1. The van der Waals surface area contributed by atoms with Crippen LogP contribution in [0.5, 0.6) is 0 Å². The van der Waals surface area contributed by atoms with Crippen LogP contribution in [-0.2, 0) is 6.42 Å². The lowest BCUT2D eigenvalue weighted by atomic mass is 9.99. The molecule has 0 bridgehead atoms. The summed E-state index contributed by atoms with van der Waals surface area (Å²) in [7, 11) is 0. The van der Waals surface area contributed by atoms with E-state index >= 15 is 0 Å². The molecule has 2 aliphatic heterocycles. The summed E-state index contributed by atoms with van der Waals surface area (Å²) in [6.07, 6.45) is 2.27. The molecule has 7 heteroatoms. The van der Waals surface area contributed by atoms with Crippen LogP contribution in [0.2, 0.25) is 0 Å².